The van der Waals surface area contributed by atoms with Crippen LogP contribution in [0.3, 0.4) is 0 Å². The Morgan fingerprint density at radius 2 is 1.89 bits per heavy atom. The van der Waals surface area contributed by atoms with Gasteiger partial charge in [0.1, 0.15) is 0 Å². The number of esters is 1. The lowest BCUT2D eigenvalue weighted by Crippen LogP contribution is -2.16. The summed E-state index contributed by atoms with van der Waals surface area (Å²) in [6, 6.07) is 13.0. The van der Waals surface area contributed by atoms with Gasteiger partial charge in [0.25, 0.3) is 5.69 Å². The molecule has 0 spiro atoms. The van der Waals surface area contributed by atoms with Gasteiger partial charge in [0, 0.05) is 23.3 Å². The first-order valence-electron chi connectivity index (χ1n) is 8.67. The summed E-state index contributed by atoms with van der Waals surface area (Å²) in [6.45, 7) is 2.06. The van der Waals surface area contributed by atoms with E-state index in [1.54, 1.807) is 54.2 Å². The average molecular weight is 389 g/mol. The average Bonchev–Trinajstić information content (AvgIpc) is 2.70. The minimum atomic E-state index is -0.929. The molecule has 1 N–H and O–H groups in total. The highest BCUT2D eigenvalue weighted by molar-refractivity contribution is 7.99. The van der Waals surface area contributed by atoms with Gasteiger partial charge in [-0.2, -0.15) is 11.8 Å². The summed E-state index contributed by atoms with van der Waals surface area (Å²) < 4.78 is 4.68. The van der Waals surface area contributed by atoms with E-state index in [1.807, 2.05) is 0 Å². The van der Waals surface area contributed by atoms with Crippen molar-refractivity contribution in [2.75, 3.05) is 18.6 Å². The van der Waals surface area contributed by atoms with E-state index >= 15 is 0 Å². The monoisotopic (exact) mass is 389 g/mol. The molecule has 0 aliphatic rings. The maximum absolute atomic E-state index is 11.6. The van der Waals surface area contributed by atoms with Gasteiger partial charge in [0.15, 0.2) is 0 Å². The van der Waals surface area contributed by atoms with Crippen LogP contribution in [0.1, 0.15) is 46.9 Å². The first-order chi connectivity index (χ1) is 13.0. The number of hydrogen-bond donors (Lipinski definition) is 1. The van der Waals surface area contributed by atoms with E-state index in [1.165, 1.54) is 13.2 Å². The molecule has 0 aromatic heterocycles. The molecule has 0 bridgehead atoms. The van der Waals surface area contributed by atoms with E-state index in [0.29, 0.717) is 22.4 Å². The summed E-state index contributed by atoms with van der Waals surface area (Å²) in [4.78, 5) is 22.6. The van der Waals surface area contributed by atoms with Crippen molar-refractivity contribution in [2.24, 2.45) is 0 Å². The lowest BCUT2D eigenvalue weighted by molar-refractivity contribution is -0.385. The molecule has 2 atom stereocenters. The summed E-state index contributed by atoms with van der Waals surface area (Å²) >= 11 is 1.65. The summed E-state index contributed by atoms with van der Waals surface area (Å²) in [5.74, 6) is 0.570. The number of nitro groups is 1. The summed E-state index contributed by atoms with van der Waals surface area (Å²) in [6.07, 6.45) is 0.0558. The van der Waals surface area contributed by atoms with Crippen LogP contribution in [-0.2, 0) is 4.74 Å². The molecular weight excluding hydrogens is 366 g/mol. The molecule has 2 aromatic rings. The number of thioether (sulfide) groups is 1. The summed E-state index contributed by atoms with van der Waals surface area (Å²) in [7, 11) is 1.31. The number of nitrogens with zero attached hydrogens (tertiary/aromatic N) is 1. The van der Waals surface area contributed by atoms with Crippen molar-refractivity contribution < 1.29 is 19.6 Å². The third-order valence-corrected chi connectivity index (χ3v) is 5.52. The van der Waals surface area contributed by atoms with Crippen LogP contribution in [0.2, 0.25) is 0 Å². The number of nitro benzene ring substituents is 1. The van der Waals surface area contributed by atoms with E-state index in [0.717, 1.165) is 12.2 Å². The Morgan fingerprint density at radius 1 is 1.22 bits per heavy atom. The standard InChI is InChI=1S/C20H23NO5S/c1-3-12-27-13-17(16-6-4-5-7-18(16)21(24)25)19(22)14-8-10-15(11-9-14)20(23)26-2/h4-11,17,19,22H,3,12-13H2,1-2H3. The maximum atomic E-state index is 11.6. The fourth-order valence-corrected chi connectivity index (χ4v) is 3.91. The Kier molecular flexibility index (Phi) is 7.82. The Hall–Kier alpha value is -2.38. The molecule has 0 aliphatic carbocycles. The van der Waals surface area contributed by atoms with E-state index in [9.17, 15) is 20.0 Å². The highest BCUT2D eigenvalue weighted by Crippen LogP contribution is 2.38. The minimum Gasteiger partial charge on any atom is -0.465 e. The van der Waals surface area contributed by atoms with E-state index in [4.69, 9.17) is 0 Å². The number of aliphatic hydroxyl groups excluding tert-OH is 1. The zero-order valence-electron chi connectivity index (χ0n) is 15.3. The van der Waals surface area contributed by atoms with Crippen molar-refractivity contribution >= 4 is 23.4 Å². The van der Waals surface area contributed by atoms with Crippen molar-refractivity contribution in [1.82, 2.24) is 0 Å². The number of carbonyl (C=O) groups is 1. The Bertz CT molecular complexity index is 778. The molecule has 0 saturated carbocycles. The van der Waals surface area contributed by atoms with Gasteiger partial charge >= 0.3 is 5.97 Å². The third kappa shape index (κ3) is 5.30. The SMILES string of the molecule is CCCSCC(c1ccccc1[N+](=O)[O-])C(O)c1ccc(C(=O)OC)cc1. The van der Waals surface area contributed by atoms with E-state index in [2.05, 4.69) is 11.7 Å². The van der Waals surface area contributed by atoms with Crippen LogP contribution in [0.15, 0.2) is 48.5 Å². The number of rotatable bonds is 9. The number of carbonyl (C=O) groups excluding carboxylic acids is 1. The Morgan fingerprint density at radius 3 is 2.48 bits per heavy atom. The second-order valence-electron chi connectivity index (χ2n) is 6.06. The number of methoxy groups -OCH3 is 1. The second kappa shape index (κ2) is 10.1. The number of para-hydroxylation sites is 1. The quantitative estimate of drug-likeness (QED) is 0.297. The molecule has 0 amide bonds. The Labute approximate surface area is 162 Å². The zero-order chi connectivity index (χ0) is 19.8. The topological polar surface area (TPSA) is 89.7 Å². The van der Waals surface area contributed by atoms with E-state index in [-0.39, 0.29) is 5.69 Å². The van der Waals surface area contributed by atoms with E-state index < -0.39 is 22.9 Å². The van der Waals surface area contributed by atoms with Gasteiger partial charge in [0.05, 0.1) is 23.7 Å². The van der Waals surface area contributed by atoms with Gasteiger partial charge in [0.2, 0.25) is 0 Å². The van der Waals surface area contributed by atoms with Gasteiger partial charge in [-0.05, 0) is 29.9 Å². The number of aliphatic hydroxyl groups is 1. The molecule has 0 radical (unpaired) electrons. The van der Waals surface area contributed by atoms with Crippen LogP contribution >= 0.6 is 11.8 Å². The lowest BCUT2D eigenvalue weighted by Gasteiger charge is -2.23. The fourth-order valence-electron chi connectivity index (χ4n) is 2.84. The third-order valence-electron chi connectivity index (χ3n) is 4.23. The summed E-state index contributed by atoms with van der Waals surface area (Å²) in [5.41, 5.74) is 1.50. The molecule has 6 nitrogen and oxygen atoms in total. The second-order valence-corrected chi connectivity index (χ2v) is 7.21. The first-order valence-corrected chi connectivity index (χ1v) is 9.82. The predicted octanol–water partition coefficient (Wildman–Crippen LogP) is 4.34. The highest BCUT2D eigenvalue weighted by atomic mass is 32.2. The largest absolute Gasteiger partial charge is 0.465 e. The van der Waals surface area contributed by atoms with Gasteiger partial charge in [-0.1, -0.05) is 37.3 Å². The van der Waals surface area contributed by atoms with Crippen LogP contribution in [-0.4, -0.2) is 34.6 Å². The highest BCUT2D eigenvalue weighted by Gasteiger charge is 2.29. The minimum absolute atomic E-state index is 0.00447. The van der Waals surface area contributed by atoms with Crippen molar-refractivity contribution in [3.05, 3.63) is 75.3 Å². The molecule has 0 fully saturated rings. The van der Waals surface area contributed by atoms with Gasteiger partial charge in [-0.3, -0.25) is 10.1 Å². The van der Waals surface area contributed by atoms with Crippen LogP contribution in [0, 0.1) is 10.1 Å². The molecule has 7 heteroatoms. The van der Waals surface area contributed by atoms with Gasteiger partial charge < -0.3 is 9.84 Å². The molecule has 0 heterocycles. The Balaban J connectivity index is 2.36. The number of hydrogen-bond acceptors (Lipinski definition) is 6. The number of ether oxygens (including phenoxy) is 1. The van der Waals surface area contributed by atoms with Crippen LogP contribution in [0.25, 0.3) is 0 Å². The molecule has 144 valence electrons. The maximum Gasteiger partial charge on any atom is 0.337 e. The molecular formula is C20H23NO5S. The van der Waals surface area contributed by atoms with Crippen LogP contribution in [0.4, 0.5) is 5.69 Å². The van der Waals surface area contributed by atoms with Crippen molar-refractivity contribution in [1.29, 1.82) is 0 Å². The molecule has 0 aliphatic heterocycles. The van der Waals surface area contributed by atoms with Gasteiger partial charge in [-0.15, -0.1) is 0 Å². The molecule has 2 rings (SSSR count). The van der Waals surface area contributed by atoms with Crippen molar-refractivity contribution in [2.45, 2.75) is 25.4 Å². The summed E-state index contributed by atoms with van der Waals surface area (Å²) in [5, 5.41) is 22.4. The van der Waals surface area contributed by atoms with Gasteiger partial charge in [-0.25, -0.2) is 4.79 Å². The lowest BCUT2D eigenvalue weighted by atomic mass is 9.89. The molecule has 27 heavy (non-hydrogen) atoms. The smallest absolute Gasteiger partial charge is 0.337 e. The van der Waals surface area contributed by atoms with Crippen LogP contribution < -0.4 is 0 Å². The van der Waals surface area contributed by atoms with Crippen LogP contribution in [0.5, 0.6) is 0 Å². The predicted molar refractivity (Wildman–Crippen MR) is 106 cm³/mol. The zero-order valence-corrected chi connectivity index (χ0v) is 16.1. The molecule has 2 aromatic carbocycles. The first kappa shape index (κ1) is 20.9. The van der Waals surface area contributed by atoms with Crippen molar-refractivity contribution in [3.8, 4) is 0 Å². The van der Waals surface area contributed by atoms with Crippen molar-refractivity contribution in [3.63, 3.8) is 0 Å². The molecule has 0 saturated heterocycles. The molecule has 2 unspecified atom stereocenters. The fraction of sp³-hybridized carbons (Fsp3) is 0.350. The number of benzene rings is 2. The normalized spacial score (nSPS) is 13.0.